The molecule has 0 amide bonds. The fourth-order valence-corrected chi connectivity index (χ4v) is 0.250. The molecule has 0 aromatic carbocycles. The summed E-state index contributed by atoms with van der Waals surface area (Å²) in [5.74, 6) is 0. The summed E-state index contributed by atoms with van der Waals surface area (Å²) in [5, 5.41) is 0. The Morgan fingerprint density at radius 3 is 1.83 bits per heavy atom. The molecule has 6 heavy (non-hydrogen) atoms. The van der Waals surface area contributed by atoms with Gasteiger partial charge >= 0.3 is 0 Å². The first-order valence-electron chi connectivity index (χ1n) is 3.37. The molecule has 0 aliphatic rings. The van der Waals surface area contributed by atoms with E-state index in [1.54, 1.807) is 0 Å². The molecule has 0 aromatic heterocycles. The van der Waals surface area contributed by atoms with Crippen LogP contribution in [0.15, 0.2) is 12.1 Å². The van der Waals surface area contributed by atoms with Crippen LogP contribution in [0.25, 0.3) is 0 Å². The van der Waals surface area contributed by atoms with E-state index >= 15 is 0 Å². The van der Waals surface area contributed by atoms with Crippen LogP contribution < -0.4 is 0 Å². The van der Waals surface area contributed by atoms with Crippen molar-refractivity contribution in [3.63, 3.8) is 0 Å². The van der Waals surface area contributed by atoms with Crippen molar-refractivity contribution in [1.29, 1.82) is 0 Å². The van der Waals surface area contributed by atoms with Gasteiger partial charge in [-0.05, 0) is 12.8 Å². The summed E-state index contributed by atoms with van der Waals surface area (Å²) >= 11 is 0. The molecule has 0 N–H and O–H groups in total. The maximum absolute atomic E-state index is 7.12. The highest BCUT2D eigenvalue weighted by Gasteiger charge is 1.60. The van der Waals surface area contributed by atoms with E-state index < -0.39 is 0 Å². The lowest BCUT2D eigenvalue weighted by Crippen LogP contribution is -1.51. The average Bonchev–Trinajstić information content (AvgIpc) is 1.84. The van der Waals surface area contributed by atoms with Gasteiger partial charge in [-0.2, -0.15) is 0 Å². The van der Waals surface area contributed by atoms with Crippen LogP contribution in [0.4, 0.5) is 0 Å². The maximum atomic E-state index is 7.12. The molecule has 0 atom stereocenters. The molecule has 0 aliphatic heterocycles. The van der Waals surface area contributed by atoms with E-state index in [4.69, 9.17) is 2.74 Å². The quantitative estimate of drug-likeness (QED) is 0.452. The molecule has 0 aromatic rings. The van der Waals surface area contributed by atoms with Crippen LogP contribution in [0, 0.1) is 0 Å². The molecular weight excluding hydrogens is 72.1 g/mol. The number of hydrogen-bond donors (Lipinski definition) is 0. The second-order valence-corrected chi connectivity index (χ2v) is 1.06. The van der Waals surface area contributed by atoms with E-state index in [9.17, 15) is 0 Å². The lowest BCUT2D eigenvalue weighted by atomic mass is 10.4. The topological polar surface area (TPSA) is 0 Å². The summed E-state index contributed by atoms with van der Waals surface area (Å²) in [6, 6.07) is 0.931. The largest absolute Gasteiger partial charge is 0.0888 e. The van der Waals surface area contributed by atoms with E-state index in [0.29, 0.717) is 24.9 Å². The third-order valence-electron chi connectivity index (χ3n) is 0.479. The standard InChI is InChI=1S/C6H12/c1-3-5-6-4-2/h5-6H,3-4H2,1-2H3/b6-5+/i5D,6D. The maximum Gasteiger partial charge on any atom is 0.0572 e. The molecule has 0 rings (SSSR count). The van der Waals surface area contributed by atoms with Crippen LogP contribution in [0.5, 0.6) is 0 Å². The first-order valence-corrected chi connectivity index (χ1v) is 2.37. The molecular formula is C6H12. The Kier molecular flexibility index (Phi) is 2.24. The molecule has 0 unspecified atom stereocenters. The summed E-state index contributed by atoms with van der Waals surface area (Å²) in [7, 11) is 0. The molecule has 0 heteroatoms. The van der Waals surface area contributed by atoms with Crippen molar-refractivity contribution in [2.45, 2.75) is 26.7 Å². The fraction of sp³-hybridized carbons (Fsp3) is 0.667. The lowest BCUT2D eigenvalue weighted by molar-refractivity contribution is 1.16. The van der Waals surface area contributed by atoms with Crippen molar-refractivity contribution in [1.82, 2.24) is 0 Å². The van der Waals surface area contributed by atoms with Crippen molar-refractivity contribution in [2.75, 3.05) is 0 Å². The average molecular weight is 86.2 g/mol. The Balaban J connectivity index is 3.83. The minimum absolute atomic E-state index is 0.465. The molecule has 0 saturated heterocycles. The molecule has 0 radical (unpaired) electrons. The zero-order valence-electron chi connectivity index (χ0n) is 6.41. The zero-order valence-corrected chi connectivity index (χ0v) is 4.41. The van der Waals surface area contributed by atoms with E-state index in [1.807, 2.05) is 13.8 Å². The first kappa shape index (κ1) is 2.84. The number of allylic oxidation sites excluding steroid dienone is 2. The summed E-state index contributed by atoms with van der Waals surface area (Å²) in [6.07, 6.45) is 1.37. The molecule has 0 bridgehead atoms. The van der Waals surface area contributed by atoms with E-state index in [1.165, 1.54) is 0 Å². The van der Waals surface area contributed by atoms with Gasteiger partial charge in [0.05, 0.1) is 2.74 Å². The van der Waals surface area contributed by atoms with Gasteiger partial charge in [0.25, 0.3) is 0 Å². The van der Waals surface area contributed by atoms with Gasteiger partial charge in [0, 0.05) is 0 Å². The van der Waals surface area contributed by atoms with Crippen molar-refractivity contribution < 1.29 is 2.74 Å². The predicted molar refractivity (Wildman–Crippen MR) is 29.7 cm³/mol. The second-order valence-electron chi connectivity index (χ2n) is 1.06. The van der Waals surface area contributed by atoms with Crippen molar-refractivity contribution >= 4 is 0 Å². The molecule has 0 aliphatic carbocycles. The summed E-state index contributed by atoms with van der Waals surface area (Å²) in [6.45, 7) is 3.79. The first-order chi connectivity index (χ1) is 3.72. The van der Waals surface area contributed by atoms with Crippen LogP contribution >= 0.6 is 0 Å². The Hall–Kier alpha value is -0.260. The minimum Gasteiger partial charge on any atom is -0.0888 e. The predicted octanol–water partition coefficient (Wildman–Crippen LogP) is 2.36. The van der Waals surface area contributed by atoms with Gasteiger partial charge in [0.1, 0.15) is 0 Å². The highest BCUT2D eigenvalue weighted by Crippen LogP contribution is 1.81. The number of rotatable bonds is 2. The highest BCUT2D eigenvalue weighted by molar-refractivity contribution is 4.77. The molecule has 0 heterocycles. The normalized spacial score (nSPS) is 18.3. The van der Waals surface area contributed by atoms with E-state index in [-0.39, 0.29) is 0 Å². The van der Waals surface area contributed by atoms with Gasteiger partial charge in [-0.15, -0.1) is 0 Å². The third kappa shape index (κ3) is 3.74. The molecule has 0 nitrogen and oxygen atoms in total. The van der Waals surface area contributed by atoms with Gasteiger partial charge in [-0.1, -0.05) is 26.0 Å². The Bertz CT molecular complexity index is 82.7. The zero-order chi connectivity index (χ0) is 6.57. The summed E-state index contributed by atoms with van der Waals surface area (Å²) in [5.41, 5.74) is 0. The van der Waals surface area contributed by atoms with Gasteiger partial charge < -0.3 is 0 Å². The van der Waals surface area contributed by atoms with Gasteiger partial charge in [-0.25, -0.2) is 0 Å². The van der Waals surface area contributed by atoms with Crippen LogP contribution in [0.3, 0.4) is 0 Å². The number of hydrogen-bond acceptors (Lipinski definition) is 0. The van der Waals surface area contributed by atoms with Gasteiger partial charge in [0.2, 0.25) is 0 Å². The molecule has 0 fully saturated rings. The smallest absolute Gasteiger partial charge is 0.0572 e. The van der Waals surface area contributed by atoms with Crippen LogP contribution in [0.2, 0.25) is 0 Å². The van der Waals surface area contributed by atoms with Crippen LogP contribution in [-0.4, -0.2) is 0 Å². The van der Waals surface area contributed by atoms with Crippen LogP contribution in [0.1, 0.15) is 29.4 Å². The van der Waals surface area contributed by atoms with Crippen molar-refractivity contribution in [3.05, 3.63) is 12.1 Å². The van der Waals surface area contributed by atoms with E-state index in [0.717, 1.165) is 0 Å². The molecule has 0 spiro atoms. The Morgan fingerprint density at radius 2 is 1.67 bits per heavy atom. The Morgan fingerprint density at radius 1 is 1.33 bits per heavy atom. The second kappa shape index (κ2) is 4.74. The van der Waals surface area contributed by atoms with Crippen LogP contribution in [-0.2, 0) is 0 Å². The van der Waals surface area contributed by atoms with Crippen molar-refractivity contribution in [2.24, 2.45) is 0 Å². The molecule has 0 saturated carbocycles. The SMILES string of the molecule is [2H]/C(CC)=C(/[2H])CC. The Labute approximate surface area is 42.7 Å². The fourth-order valence-electron chi connectivity index (χ4n) is 0.250. The van der Waals surface area contributed by atoms with Crippen molar-refractivity contribution in [3.8, 4) is 0 Å². The monoisotopic (exact) mass is 86.1 g/mol. The minimum atomic E-state index is 0.465. The van der Waals surface area contributed by atoms with Gasteiger partial charge in [-0.3, -0.25) is 0 Å². The molecule has 36 valence electrons. The lowest BCUT2D eigenvalue weighted by Gasteiger charge is -1.72. The van der Waals surface area contributed by atoms with E-state index in [2.05, 4.69) is 0 Å². The highest BCUT2D eigenvalue weighted by atomic mass is 13.7. The summed E-state index contributed by atoms with van der Waals surface area (Å²) in [4.78, 5) is 0. The third-order valence-corrected chi connectivity index (χ3v) is 0.479. The van der Waals surface area contributed by atoms with Gasteiger partial charge in [0.15, 0.2) is 0 Å². The summed E-state index contributed by atoms with van der Waals surface area (Å²) < 4.78 is 14.2.